The van der Waals surface area contributed by atoms with Crippen molar-refractivity contribution in [2.24, 2.45) is 0 Å². The molecule has 116 valence electrons. The lowest BCUT2D eigenvalue weighted by Crippen LogP contribution is -2.05. The molecule has 0 aliphatic heterocycles. The van der Waals surface area contributed by atoms with Crippen LogP contribution in [-0.4, -0.2) is 31.0 Å². The Labute approximate surface area is 131 Å². The van der Waals surface area contributed by atoms with Crippen LogP contribution in [0.5, 0.6) is 0 Å². The largest absolute Gasteiger partial charge is 0.478 e. The molecule has 8 nitrogen and oxygen atoms in total. The molecule has 5 N–H and O–H groups in total. The summed E-state index contributed by atoms with van der Waals surface area (Å²) in [6.07, 6.45) is 2.84. The first-order valence-electron chi connectivity index (χ1n) is 6.90. The van der Waals surface area contributed by atoms with Crippen LogP contribution in [0.25, 0.3) is 11.2 Å². The number of nitrogen functional groups attached to an aromatic ring is 2. The molecule has 0 saturated heterocycles. The van der Waals surface area contributed by atoms with Crippen molar-refractivity contribution in [2.45, 2.75) is 12.8 Å². The van der Waals surface area contributed by atoms with Crippen LogP contribution < -0.4 is 11.5 Å². The third-order valence-electron chi connectivity index (χ3n) is 3.34. The molecule has 0 unspecified atom stereocenters. The van der Waals surface area contributed by atoms with Gasteiger partial charge in [0.1, 0.15) is 0 Å². The number of carboxylic acids is 1. The maximum absolute atomic E-state index is 11.0. The molecule has 23 heavy (non-hydrogen) atoms. The van der Waals surface area contributed by atoms with E-state index in [2.05, 4.69) is 19.9 Å². The molecule has 0 radical (unpaired) electrons. The average molecular weight is 310 g/mol. The number of aromatic nitrogens is 4. The number of hydrogen-bond donors (Lipinski definition) is 3. The number of carbonyl (C=O) groups is 1. The van der Waals surface area contributed by atoms with Crippen molar-refractivity contribution in [3.8, 4) is 0 Å². The van der Waals surface area contributed by atoms with Gasteiger partial charge in [0.15, 0.2) is 17.0 Å². The Morgan fingerprint density at radius 3 is 2.74 bits per heavy atom. The normalized spacial score (nSPS) is 10.8. The Balaban J connectivity index is 1.82. The number of rotatable bonds is 4. The molecule has 0 saturated carbocycles. The van der Waals surface area contributed by atoms with Crippen molar-refractivity contribution in [2.75, 3.05) is 11.5 Å². The third-order valence-corrected chi connectivity index (χ3v) is 3.34. The number of fused-ring (bicyclic) bond motifs is 1. The zero-order valence-electron chi connectivity index (χ0n) is 12.1. The summed E-state index contributed by atoms with van der Waals surface area (Å²) in [6.45, 7) is 0. The summed E-state index contributed by atoms with van der Waals surface area (Å²) in [5, 5.41) is 9.01. The number of anilines is 2. The molecular weight excluding hydrogens is 296 g/mol. The van der Waals surface area contributed by atoms with Crippen molar-refractivity contribution in [3.05, 3.63) is 47.3 Å². The second-order valence-electron chi connectivity index (χ2n) is 5.01. The van der Waals surface area contributed by atoms with Gasteiger partial charge in [-0.15, -0.1) is 0 Å². The smallest absolute Gasteiger partial charge is 0.335 e. The fourth-order valence-electron chi connectivity index (χ4n) is 2.24. The summed E-state index contributed by atoms with van der Waals surface area (Å²) in [5.74, 6) is -0.697. The summed E-state index contributed by atoms with van der Waals surface area (Å²) >= 11 is 0. The average Bonchev–Trinajstić information content (AvgIpc) is 2.53. The van der Waals surface area contributed by atoms with Crippen LogP contribution in [0.15, 0.2) is 30.5 Å². The van der Waals surface area contributed by atoms with Gasteiger partial charge in [-0.25, -0.2) is 14.8 Å². The van der Waals surface area contributed by atoms with Crippen molar-refractivity contribution in [1.82, 2.24) is 19.9 Å². The zero-order chi connectivity index (χ0) is 16.4. The highest BCUT2D eigenvalue weighted by atomic mass is 16.4. The van der Waals surface area contributed by atoms with E-state index >= 15 is 0 Å². The van der Waals surface area contributed by atoms with Gasteiger partial charge >= 0.3 is 5.97 Å². The number of nitrogens with two attached hydrogens (primary N) is 2. The Hall–Kier alpha value is -3.29. The van der Waals surface area contributed by atoms with E-state index < -0.39 is 5.97 Å². The molecule has 2 aromatic heterocycles. The van der Waals surface area contributed by atoms with Crippen molar-refractivity contribution >= 4 is 28.9 Å². The second-order valence-corrected chi connectivity index (χ2v) is 5.01. The highest BCUT2D eigenvalue weighted by Crippen LogP contribution is 2.15. The monoisotopic (exact) mass is 310 g/mol. The number of hydrogen-bond acceptors (Lipinski definition) is 7. The van der Waals surface area contributed by atoms with Crippen LogP contribution in [0.3, 0.4) is 0 Å². The molecule has 0 aliphatic carbocycles. The van der Waals surface area contributed by atoms with E-state index in [4.69, 9.17) is 16.6 Å². The standard InChI is InChI=1S/C15H14N6O2/c16-12-11-13(21-15(17)20-12)18-7-10(19-11)5-4-8-2-1-3-9(6-8)14(22)23/h1-3,6-7H,4-5H2,(H,22,23)(H4,16,17,18,20,21). The van der Waals surface area contributed by atoms with Gasteiger partial charge in [0, 0.05) is 0 Å². The minimum absolute atomic E-state index is 0.0579. The second kappa shape index (κ2) is 5.84. The van der Waals surface area contributed by atoms with Crippen LogP contribution in [0.2, 0.25) is 0 Å². The fourth-order valence-corrected chi connectivity index (χ4v) is 2.24. The quantitative estimate of drug-likeness (QED) is 0.649. The lowest BCUT2D eigenvalue weighted by atomic mass is 10.1. The minimum atomic E-state index is -0.945. The first kappa shape index (κ1) is 14.6. The van der Waals surface area contributed by atoms with E-state index in [0.717, 1.165) is 11.3 Å². The highest BCUT2D eigenvalue weighted by molar-refractivity contribution is 5.87. The zero-order valence-corrected chi connectivity index (χ0v) is 12.1. The van der Waals surface area contributed by atoms with Gasteiger partial charge in [-0.1, -0.05) is 12.1 Å². The summed E-state index contributed by atoms with van der Waals surface area (Å²) in [7, 11) is 0. The van der Waals surface area contributed by atoms with Gasteiger partial charge in [0.05, 0.1) is 17.5 Å². The van der Waals surface area contributed by atoms with E-state index in [0.29, 0.717) is 24.0 Å². The Bertz CT molecular complexity index is 896. The Kier molecular flexibility index (Phi) is 3.71. The lowest BCUT2D eigenvalue weighted by Gasteiger charge is -2.05. The van der Waals surface area contributed by atoms with Crippen LogP contribution in [-0.2, 0) is 12.8 Å². The first-order valence-corrected chi connectivity index (χ1v) is 6.90. The number of carboxylic acid groups (broad SMARTS) is 1. The van der Waals surface area contributed by atoms with Crippen LogP contribution in [0, 0.1) is 0 Å². The Morgan fingerprint density at radius 2 is 1.96 bits per heavy atom. The van der Waals surface area contributed by atoms with Gasteiger partial charge in [-0.2, -0.15) is 9.97 Å². The molecule has 8 heteroatoms. The summed E-state index contributed by atoms with van der Waals surface area (Å²) in [5.41, 5.74) is 14.0. The highest BCUT2D eigenvalue weighted by Gasteiger charge is 2.08. The minimum Gasteiger partial charge on any atom is -0.478 e. The van der Waals surface area contributed by atoms with Gasteiger partial charge in [0.2, 0.25) is 5.95 Å². The van der Waals surface area contributed by atoms with Crippen molar-refractivity contribution in [3.63, 3.8) is 0 Å². The molecular formula is C15H14N6O2. The molecule has 2 heterocycles. The third kappa shape index (κ3) is 3.15. The van der Waals surface area contributed by atoms with Crippen molar-refractivity contribution < 1.29 is 9.90 Å². The van der Waals surface area contributed by atoms with Crippen LogP contribution >= 0.6 is 0 Å². The molecule has 0 atom stereocenters. The van der Waals surface area contributed by atoms with Gasteiger partial charge in [-0.05, 0) is 30.5 Å². The SMILES string of the molecule is Nc1nc(N)c2nc(CCc3cccc(C(=O)O)c3)cnc2n1. The Morgan fingerprint density at radius 1 is 1.13 bits per heavy atom. The number of aryl methyl sites for hydroxylation is 2. The maximum atomic E-state index is 11.0. The van der Waals surface area contributed by atoms with Gasteiger partial charge < -0.3 is 16.6 Å². The van der Waals surface area contributed by atoms with Crippen LogP contribution in [0.1, 0.15) is 21.6 Å². The molecule has 0 bridgehead atoms. The number of benzene rings is 1. The van der Waals surface area contributed by atoms with E-state index in [1.54, 1.807) is 24.4 Å². The maximum Gasteiger partial charge on any atom is 0.335 e. The number of aromatic carboxylic acids is 1. The fraction of sp³-hybridized carbons (Fsp3) is 0.133. The predicted molar refractivity (Wildman–Crippen MR) is 84.8 cm³/mol. The topological polar surface area (TPSA) is 141 Å². The van der Waals surface area contributed by atoms with Crippen molar-refractivity contribution in [1.29, 1.82) is 0 Å². The molecule has 0 spiro atoms. The van der Waals surface area contributed by atoms with Crippen LogP contribution in [0.4, 0.5) is 11.8 Å². The van der Waals surface area contributed by atoms with E-state index in [-0.39, 0.29) is 17.3 Å². The lowest BCUT2D eigenvalue weighted by molar-refractivity contribution is 0.0696. The molecule has 1 aromatic carbocycles. The predicted octanol–water partition coefficient (Wildman–Crippen LogP) is 1.07. The van der Waals surface area contributed by atoms with E-state index in [1.165, 1.54) is 0 Å². The van der Waals surface area contributed by atoms with Gasteiger partial charge in [-0.3, -0.25) is 0 Å². The molecule has 0 aliphatic rings. The van der Waals surface area contributed by atoms with E-state index in [9.17, 15) is 4.79 Å². The summed E-state index contributed by atoms with van der Waals surface area (Å²) < 4.78 is 0. The summed E-state index contributed by atoms with van der Waals surface area (Å²) in [4.78, 5) is 27.4. The molecule has 3 rings (SSSR count). The molecule has 0 fully saturated rings. The molecule has 3 aromatic rings. The number of nitrogens with zero attached hydrogens (tertiary/aromatic N) is 4. The van der Waals surface area contributed by atoms with Gasteiger partial charge in [0.25, 0.3) is 0 Å². The van der Waals surface area contributed by atoms with E-state index in [1.807, 2.05) is 6.07 Å². The first-order chi connectivity index (χ1) is 11.0. The molecule has 0 amide bonds. The summed E-state index contributed by atoms with van der Waals surface area (Å²) in [6, 6.07) is 6.80.